The quantitative estimate of drug-likeness (QED) is 0.433. The Hall–Kier alpha value is -4.10. The predicted octanol–water partition coefficient (Wildman–Crippen LogP) is 5.30. The first-order valence-electron chi connectivity index (χ1n) is 10.1. The van der Waals surface area contributed by atoms with E-state index in [1.807, 2.05) is 0 Å². The summed E-state index contributed by atoms with van der Waals surface area (Å²) in [4.78, 5) is 24.7. The van der Waals surface area contributed by atoms with E-state index in [0.29, 0.717) is 18.5 Å². The molecule has 1 aromatic heterocycles. The fraction of sp³-hybridized carbons (Fsp3) is 0.227. The van der Waals surface area contributed by atoms with Gasteiger partial charge in [-0.05, 0) is 37.1 Å². The molecule has 3 aromatic rings. The van der Waals surface area contributed by atoms with Crippen LogP contribution in [-0.4, -0.2) is 33.1 Å². The summed E-state index contributed by atoms with van der Waals surface area (Å²) in [7, 11) is 0. The van der Waals surface area contributed by atoms with Crippen molar-refractivity contribution in [1.29, 1.82) is 0 Å². The van der Waals surface area contributed by atoms with Crippen LogP contribution in [0.1, 0.15) is 34.3 Å². The summed E-state index contributed by atoms with van der Waals surface area (Å²) in [5.74, 6) is -4.15. The van der Waals surface area contributed by atoms with Crippen LogP contribution >= 0.6 is 0 Å². The zero-order valence-corrected chi connectivity index (χ0v) is 17.7. The fourth-order valence-electron chi connectivity index (χ4n) is 3.66. The summed E-state index contributed by atoms with van der Waals surface area (Å²) < 4.78 is 94.6. The molecule has 4 rings (SSSR count). The van der Waals surface area contributed by atoms with Crippen molar-refractivity contribution in [3.05, 3.63) is 71.3 Å². The largest absolute Gasteiger partial charge is 0.573 e. The molecule has 0 aliphatic heterocycles. The predicted molar refractivity (Wildman–Crippen MR) is 108 cm³/mol. The molecular formula is C22H14F7N3O4. The van der Waals surface area contributed by atoms with Gasteiger partial charge in [-0.25, -0.2) is 13.9 Å². The lowest BCUT2D eigenvalue weighted by molar-refractivity contribution is -0.274. The van der Waals surface area contributed by atoms with Crippen molar-refractivity contribution in [1.82, 2.24) is 9.78 Å². The molecule has 2 aromatic carbocycles. The minimum Gasteiger partial charge on any atom is -0.478 e. The van der Waals surface area contributed by atoms with Crippen LogP contribution in [0, 0.1) is 5.82 Å². The van der Waals surface area contributed by atoms with Crippen molar-refractivity contribution >= 4 is 17.6 Å². The number of carboxylic acid groups (broad SMARTS) is 1. The zero-order valence-electron chi connectivity index (χ0n) is 17.7. The van der Waals surface area contributed by atoms with Crippen molar-refractivity contribution < 1.29 is 50.2 Å². The SMILES string of the molecule is O=C(O)c1cc(NC(=O)C2(c3ccc(OC(F)(F)F)cc3F)CC2)ccc1-n1cc(C(F)(F)F)cn1. The number of ether oxygens (including phenoxy) is 1. The van der Waals surface area contributed by atoms with Gasteiger partial charge < -0.3 is 15.2 Å². The van der Waals surface area contributed by atoms with Crippen LogP contribution in [0.2, 0.25) is 0 Å². The van der Waals surface area contributed by atoms with E-state index in [-0.39, 0.29) is 29.8 Å². The smallest absolute Gasteiger partial charge is 0.478 e. The van der Waals surface area contributed by atoms with E-state index >= 15 is 0 Å². The Morgan fingerprint density at radius 1 is 1.06 bits per heavy atom. The van der Waals surface area contributed by atoms with Gasteiger partial charge in [0.05, 0.1) is 28.4 Å². The molecule has 0 bridgehead atoms. The topological polar surface area (TPSA) is 93.5 Å². The van der Waals surface area contributed by atoms with Crippen molar-refractivity contribution in [2.24, 2.45) is 0 Å². The molecule has 0 atom stereocenters. The molecule has 36 heavy (non-hydrogen) atoms. The molecule has 14 heteroatoms. The van der Waals surface area contributed by atoms with E-state index in [1.54, 1.807) is 0 Å². The number of halogens is 7. The first kappa shape index (κ1) is 25.0. The summed E-state index contributed by atoms with van der Waals surface area (Å²) >= 11 is 0. The van der Waals surface area contributed by atoms with Crippen molar-refractivity contribution in [2.45, 2.75) is 30.8 Å². The van der Waals surface area contributed by atoms with E-state index in [9.17, 15) is 45.4 Å². The number of nitrogens with zero attached hydrogens (tertiary/aromatic N) is 2. The fourth-order valence-corrected chi connectivity index (χ4v) is 3.66. The number of amides is 1. The number of anilines is 1. The lowest BCUT2D eigenvalue weighted by Crippen LogP contribution is -2.29. The summed E-state index contributed by atoms with van der Waals surface area (Å²) in [5, 5.41) is 15.5. The van der Waals surface area contributed by atoms with Gasteiger partial charge in [-0.1, -0.05) is 6.07 Å². The minimum absolute atomic E-state index is 0.0481. The number of aromatic carboxylic acids is 1. The molecule has 0 unspecified atom stereocenters. The van der Waals surface area contributed by atoms with Crippen LogP contribution in [0.4, 0.5) is 36.4 Å². The molecule has 1 saturated carbocycles. The van der Waals surface area contributed by atoms with Gasteiger partial charge in [-0.3, -0.25) is 4.79 Å². The standard InChI is InChI=1S/C22H14F7N3O4/c23-16-8-13(36-22(27,28)29)2-3-15(16)20(5-6-20)19(35)31-12-1-4-17(14(7-12)18(33)34)32-10-11(9-30-32)21(24,25)26/h1-4,7-10H,5-6H2,(H,31,35)(H,33,34). The molecule has 0 radical (unpaired) electrons. The van der Waals surface area contributed by atoms with Gasteiger partial charge in [-0.15, -0.1) is 13.2 Å². The summed E-state index contributed by atoms with van der Waals surface area (Å²) in [5.41, 5.74) is -3.39. The van der Waals surface area contributed by atoms with Crippen LogP contribution in [-0.2, 0) is 16.4 Å². The average Bonchev–Trinajstić information content (AvgIpc) is 3.39. The Morgan fingerprint density at radius 2 is 1.75 bits per heavy atom. The highest BCUT2D eigenvalue weighted by Crippen LogP contribution is 2.50. The number of benzene rings is 2. The van der Waals surface area contributed by atoms with Crippen molar-refractivity contribution in [3.8, 4) is 11.4 Å². The second kappa shape index (κ2) is 8.53. The molecule has 0 saturated heterocycles. The van der Waals surface area contributed by atoms with Crippen LogP contribution < -0.4 is 10.1 Å². The molecule has 1 aliphatic rings. The Morgan fingerprint density at radius 3 is 2.28 bits per heavy atom. The van der Waals surface area contributed by atoms with E-state index in [2.05, 4.69) is 15.2 Å². The Kier molecular flexibility index (Phi) is 5.93. The van der Waals surface area contributed by atoms with Gasteiger partial charge in [-0.2, -0.15) is 18.3 Å². The summed E-state index contributed by atoms with van der Waals surface area (Å²) in [6.07, 6.45) is -8.24. The monoisotopic (exact) mass is 517 g/mol. The van der Waals surface area contributed by atoms with Gasteiger partial charge in [0.15, 0.2) is 0 Å². The molecular weight excluding hydrogens is 503 g/mol. The van der Waals surface area contributed by atoms with Crippen LogP contribution in [0.5, 0.6) is 5.75 Å². The molecule has 2 N–H and O–H groups in total. The Labute approximate surface area is 197 Å². The Bertz CT molecular complexity index is 1340. The maximum atomic E-state index is 14.6. The molecule has 1 amide bonds. The first-order valence-corrected chi connectivity index (χ1v) is 10.1. The van der Waals surface area contributed by atoms with Crippen LogP contribution in [0.15, 0.2) is 48.8 Å². The minimum atomic E-state index is -5.03. The summed E-state index contributed by atoms with van der Waals surface area (Å²) in [6.45, 7) is 0. The molecule has 1 fully saturated rings. The normalized spacial score (nSPS) is 14.9. The van der Waals surface area contributed by atoms with E-state index < -0.39 is 52.5 Å². The first-order chi connectivity index (χ1) is 16.7. The van der Waals surface area contributed by atoms with Crippen molar-refractivity contribution in [3.63, 3.8) is 0 Å². The number of carbonyl (C=O) groups excluding carboxylic acids is 1. The molecule has 1 heterocycles. The lowest BCUT2D eigenvalue weighted by atomic mass is 9.94. The second-order valence-electron chi connectivity index (χ2n) is 7.93. The number of carboxylic acids is 1. The van der Waals surface area contributed by atoms with Crippen LogP contribution in [0.3, 0.4) is 0 Å². The lowest BCUT2D eigenvalue weighted by Gasteiger charge is -2.18. The number of carbonyl (C=O) groups is 2. The van der Waals surface area contributed by atoms with Gasteiger partial charge in [0.1, 0.15) is 11.6 Å². The van der Waals surface area contributed by atoms with E-state index in [1.165, 1.54) is 6.07 Å². The number of hydrogen-bond donors (Lipinski definition) is 2. The molecule has 1 aliphatic carbocycles. The zero-order chi connectivity index (χ0) is 26.5. The number of hydrogen-bond acceptors (Lipinski definition) is 4. The number of aromatic nitrogens is 2. The third-order valence-electron chi connectivity index (χ3n) is 5.52. The highest BCUT2D eigenvalue weighted by molar-refractivity contribution is 6.02. The molecule has 190 valence electrons. The van der Waals surface area contributed by atoms with E-state index in [0.717, 1.165) is 28.9 Å². The van der Waals surface area contributed by atoms with Gasteiger partial charge in [0, 0.05) is 23.5 Å². The highest BCUT2D eigenvalue weighted by atomic mass is 19.4. The second-order valence-corrected chi connectivity index (χ2v) is 7.93. The highest BCUT2D eigenvalue weighted by Gasteiger charge is 2.53. The average molecular weight is 517 g/mol. The maximum absolute atomic E-state index is 14.6. The van der Waals surface area contributed by atoms with Crippen LogP contribution in [0.25, 0.3) is 5.69 Å². The molecule has 7 nitrogen and oxygen atoms in total. The number of rotatable bonds is 6. The third kappa shape index (κ3) is 4.97. The third-order valence-corrected chi connectivity index (χ3v) is 5.52. The van der Waals surface area contributed by atoms with Gasteiger partial charge >= 0.3 is 18.5 Å². The number of alkyl halides is 6. The van der Waals surface area contributed by atoms with Crippen molar-refractivity contribution in [2.75, 3.05) is 5.32 Å². The van der Waals surface area contributed by atoms with Gasteiger partial charge in [0.2, 0.25) is 5.91 Å². The van der Waals surface area contributed by atoms with E-state index in [4.69, 9.17) is 0 Å². The number of nitrogens with one attached hydrogen (secondary N) is 1. The van der Waals surface area contributed by atoms with Gasteiger partial charge in [0.25, 0.3) is 0 Å². The Balaban J connectivity index is 1.58. The summed E-state index contributed by atoms with van der Waals surface area (Å²) in [6, 6.07) is 5.74. The molecule has 0 spiro atoms. The maximum Gasteiger partial charge on any atom is 0.573 e.